The number of nitrogens with one attached hydrogen (secondary N) is 2. The zero-order chi connectivity index (χ0) is 14.9. The van der Waals surface area contributed by atoms with Gasteiger partial charge in [-0.15, -0.1) is 0 Å². The highest BCUT2D eigenvalue weighted by Crippen LogP contribution is 2.25. The molecule has 0 radical (unpaired) electrons. The van der Waals surface area contributed by atoms with Gasteiger partial charge in [0.1, 0.15) is 0 Å². The van der Waals surface area contributed by atoms with Gasteiger partial charge in [0, 0.05) is 13.0 Å². The van der Waals surface area contributed by atoms with E-state index < -0.39 is 5.97 Å². The quantitative estimate of drug-likeness (QED) is 0.449. The molecule has 7 heteroatoms. The number of carboxylic acid groups (broad SMARTS) is 1. The second-order valence-corrected chi connectivity index (χ2v) is 5.14. The van der Waals surface area contributed by atoms with E-state index in [1.807, 2.05) is 13.8 Å². The Kier molecular flexibility index (Phi) is 7.74. The Bertz CT molecular complexity index is 329. The molecule has 0 aliphatic carbocycles. The number of carbonyl (C=O) groups is 3. The molecule has 110 valence electrons. The fraction of sp³-hybridized carbons (Fsp3) is 0.750. The zero-order valence-corrected chi connectivity index (χ0v) is 11.5. The Morgan fingerprint density at radius 3 is 2.26 bits per heavy atom. The van der Waals surface area contributed by atoms with E-state index >= 15 is 0 Å². The van der Waals surface area contributed by atoms with Crippen molar-refractivity contribution >= 4 is 17.8 Å². The van der Waals surface area contributed by atoms with Crippen LogP contribution in [0.3, 0.4) is 0 Å². The van der Waals surface area contributed by atoms with Crippen LogP contribution in [0.1, 0.15) is 33.1 Å². The van der Waals surface area contributed by atoms with Crippen molar-refractivity contribution in [3.8, 4) is 0 Å². The summed E-state index contributed by atoms with van der Waals surface area (Å²) < 4.78 is 0. The molecular weight excluding hydrogens is 250 g/mol. The van der Waals surface area contributed by atoms with Crippen molar-refractivity contribution in [3.63, 3.8) is 0 Å². The van der Waals surface area contributed by atoms with Crippen molar-refractivity contribution in [3.05, 3.63) is 0 Å². The molecule has 0 aromatic carbocycles. The molecule has 0 saturated heterocycles. The number of hydrogen-bond acceptors (Lipinski definition) is 4. The van der Waals surface area contributed by atoms with Crippen molar-refractivity contribution in [1.82, 2.24) is 10.6 Å². The zero-order valence-electron chi connectivity index (χ0n) is 11.5. The fourth-order valence-electron chi connectivity index (χ4n) is 1.42. The van der Waals surface area contributed by atoms with E-state index in [4.69, 9.17) is 10.8 Å². The maximum atomic E-state index is 11.4. The SMILES string of the molecule is CC(C)(CCNC(=O)CNC(=O)CN)CCC(=O)O. The lowest BCUT2D eigenvalue weighted by molar-refractivity contribution is -0.137. The lowest BCUT2D eigenvalue weighted by Gasteiger charge is -2.23. The number of carboxylic acids is 1. The Labute approximate surface area is 112 Å². The molecule has 19 heavy (non-hydrogen) atoms. The van der Waals surface area contributed by atoms with Crippen molar-refractivity contribution in [2.45, 2.75) is 33.1 Å². The van der Waals surface area contributed by atoms with Gasteiger partial charge in [-0.2, -0.15) is 0 Å². The van der Waals surface area contributed by atoms with Crippen molar-refractivity contribution < 1.29 is 19.5 Å². The minimum absolute atomic E-state index is 0.0917. The first-order valence-corrected chi connectivity index (χ1v) is 6.22. The molecule has 0 heterocycles. The van der Waals surface area contributed by atoms with E-state index in [-0.39, 0.29) is 36.7 Å². The standard InChI is InChI=1S/C12H23N3O4/c1-12(2,4-3-11(18)19)5-6-14-10(17)8-15-9(16)7-13/h3-8,13H2,1-2H3,(H,14,17)(H,15,16)(H,18,19). The predicted octanol–water partition coefficient (Wildman–Crippen LogP) is -0.541. The number of aliphatic carboxylic acids is 1. The number of nitrogens with two attached hydrogens (primary N) is 1. The molecule has 0 saturated carbocycles. The summed E-state index contributed by atoms with van der Waals surface area (Å²) in [6.45, 7) is 4.13. The van der Waals surface area contributed by atoms with E-state index in [1.54, 1.807) is 0 Å². The average Bonchev–Trinajstić information content (AvgIpc) is 2.33. The topological polar surface area (TPSA) is 122 Å². The maximum absolute atomic E-state index is 11.4. The molecule has 0 aromatic rings. The van der Waals surface area contributed by atoms with Crippen LogP contribution in [-0.2, 0) is 14.4 Å². The summed E-state index contributed by atoms with van der Waals surface area (Å²) in [5, 5.41) is 13.6. The Morgan fingerprint density at radius 2 is 1.74 bits per heavy atom. The minimum Gasteiger partial charge on any atom is -0.481 e. The van der Waals surface area contributed by atoms with Gasteiger partial charge in [-0.1, -0.05) is 13.8 Å². The maximum Gasteiger partial charge on any atom is 0.303 e. The molecule has 0 aromatic heterocycles. The third-order valence-electron chi connectivity index (χ3n) is 2.77. The van der Waals surface area contributed by atoms with E-state index in [0.29, 0.717) is 19.4 Å². The van der Waals surface area contributed by atoms with Crippen LogP contribution in [0.25, 0.3) is 0 Å². The second kappa shape index (κ2) is 8.47. The third kappa shape index (κ3) is 10.0. The monoisotopic (exact) mass is 273 g/mol. The van der Waals surface area contributed by atoms with Crippen LogP contribution in [0.2, 0.25) is 0 Å². The van der Waals surface area contributed by atoms with Crippen LogP contribution in [0.4, 0.5) is 0 Å². The molecule has 0 spiro atoms. The van der Waals surface area contributed by atoms with Crippen LogP contribution in [0.5, 0.6) is 0 Å². The van der Waals surface area contributed by atoms with Gasteiger partial charge in [-0.25, -0.2) is 0 Å². The van der Waals surface area contributed by atoms with Crippen molar-refractivity contribution in [2.24, 2.45) is 11.1 Å². The van der Waals surface area contributed by atoms with Crippen LogP contribution in [-0.4, -0.2) is 42.5 Å². The normalized spacial score (nSPS) is 10.9. The lowest BCUT2D eigenvalue weighted by Crippen LogP contribution is -2.40. The van der Waals surface area contributed by atoms with E-state index in [1.165, 1.54) is 0 Å². The number of rotatable bonds is 9. The smallest absolute Gasteiger partial charge is 0.303 e. The summed E-state index contributed by atoms with van der Waals surface area (Å²) in [5.41, 5.74) is 4.93. The first-order valence-electron chi connectivity index (χ1n) is 6.22. The summed E-state index contributed by atoms with van der Waals surface area (Å²) >= 11 is 0. The molecule has 0 bridgehead atoms. The lowest BCUT2D eigenvalue weighted by atomic mass is 9.84. The van der Waals surface area contributed by atoms with E-state index in [9.17, 15) is 14.4 Å². The van der Waals surface area contributed by atoms with Crippen LogP contribution >= 0.6 is 0 Å². The molecule has 0 unspecified atom stereocenters. The highest BCUT2D eigenvalue weighted by Gasteiger charge is 2.19. The highest BCUT2D eigenvalue weighted by atomic mass is 16.4. The van der Waals surface area contributed by atoms with Gasteiger partial charge < -0.3 is 21.5 Å². The fourth-order valence-corrected chi connectivity index (χ4v) is 1.42. The first-order chi connectivity index (χ1) is 8.76. The third-order valence-corrected chi connectivity index (χ3v) is 2.77. The second-order valence-electron chi connectivity index (χ2n) is 5.14. The van der Waals surface area contributed by atoms with Gasteiger partial charge in [0.25, 0.3) is 0 Å². The average molecular weight is 273 g/mol. The molecule has 0 rings (SSSR count). The van der Waals surface area contributed by atoms with Gasteiger partial charge in [0.15, 0.2) is 0 Å². The molecule has 0 fully saturated rings. The number of hydrogen-bond donors (Lipinski definition) is 4. The molecule has 0 aliphatic heterocycles. The van der Waals surface area contributed by atoms with Crippen LogP contribution in [0.15, 0.2) is 0 Å². The van der Waals surface area contributed by atoms with Gasteiger partial charge in [0.2, 0.25) is 11.8 Å². The minimum atomic E-state index is -0.818. The van der Waals surface area contributed by atoms with E-state index in [0.717, 1.165) is 0 Å². The predicted molar refractivity (Wildman–Crippen MR) is 70.3 cm³/mol. The highest BCUT2D eigenvalue weighted by molar-refractivity contribution is 5.85. The summed E-state index contributed by atoms with van der Waals surface area (Å²) in [7, 11) is 0. The summed E-state index contributed by atoms with van der Waals surface area (Å²) in [4.78, 5) is 32.7. The summed E-state index contributed by atoms with van der Waals surface area (Å²) in [6.07, 6.45) is 1.35. The van der Waals surface area contributed by atoms with Gasteiger partial charge in [0.05, 0.1) is 13.1 Å². The van der Waals surface area contributed by atoms with Crippen molar-refractivity contribution in [1.29, 1.82) is 0 Å². The Morgan fingerprint density at radius 1 is 1.11 bits per heavy atom. The number of carbonyl (C=O) groups excluding carboxylic acids is 2. The van der Waals surface area contributed by atoms with Gasteiger partial charge in [-0.05, 0) is 18.3 Å². The number of amides is 2. The Balaban J connectivity index is 3.79. The largest absolute Gasteiger partial charge is 0.481 e. The molecule has 2 amide bonds. The van der Waals surface area contributed by atoms with Gasteiger partial charge in [-0.3, -0.25) is 14.4 Å². The summed E-state index contributed by atoms with van der Waals surface area (Å²) in [5.74, 6) is -1.48. The van der Waals surface area contributed by atoms with Gasteiger partial charge >= 0.3 is 5.97 Å². The molecule has 0 atom stereocenters. The van der Waals surface area contributed by atoms with Crippen LogP contribution < -0.4 is 16.4 Å². The molecule has 5 N–H and O–H groups in total. The van der Waals surface area contributed by atoms with E-state index in [2.05, 4.69) is 10.6 Å². The Hall–Kier alpha value is -1.63. The first kappa shape index (κ1) is 17.4. The molecule has 7 nitrogen and oxygen atoms in total. The van der Waals surface area contributed by atoms with Crippen molar-refractivity contribution in [2.75, 3.05) is 19.6 Å². The summed E-state index contributed by atoms with van der Waals surface area (Å²) in [6, 6.07) is 0. The molecule has 0 aliphatic rings. The molecular formula is C12H23N3O4. The van der Waals surface area contributed by atoms with Crippen LogP contribution in [0, 0.1) is 5.41 Å².